The van der Waals surface area contributed by atoms with Gasteiger partial charge < -0.3 is 0 Å². The summed E-state index contributed by atoms with van der Waals surface area (Å²) in [6.45, 7) is 0. The zero-order valence-electron chi connectivity index (χ0n) is 5.58. The first-order valence-electron chi connectivity index (χ1n) is 3.06. The van der Waals surface area contributed by atoms with Gasteiger partial charge in [0.2, 0.25) is 0 Å². The standard InChI is InChI=1S/C7H7.S.2Sn.H/c1-7-5-3-2-4-6-7;;;;/h2-6H,1H2;;;;. The van der Waals surface area contributed by atoms with Crippen molar-refractivity contribution in [3.63, 3.8) is 0 Å². The fourth-order valence-electron chi connectivity index (χ4n) is 0.721. The molecule has 0 amide bonds. The van der Waals surface area contributed by atoms with Gasteiger partial charge in [-0.15, -0.1) is 0 Å². The Kier molecular flexibility index (Phi) is 5.34. The second kappa shape index (κ2) is 5.77. The van der Waals surface area contributed by atoms with E-state index in [2.05, 4.69) is 36.5 Å². The van der Waals surface area contributed by atoms with Gasteiger partial charge in [0.05, 0.1) is 0 Å². The first-order valence-corrected chi connectivity index (χ1v) is 13.5. The predicted octanol–water partition coefficient (Wildman–Crippen LogP) is 1.35. The molecule has 0 saturated heterocycles. The fraction of sp³-hybridized carbons (Fsp3) is 0.143. The fourth-order valence-corrected chi connectivity index (χ4v) is 8.57. The Labute approximate surface area is 86.4 Å². The molecule has 0 saturated carbocycles. The summed E-state index contributed by atoms with van der Waals surface area (Å²) >= 11 is 1.35. The Balaban J connectivity index is 2.43. The van der Waals surface area contributed by atoms with Gasteiger partial charge in [-0.25, -0.2) is 0 Å². The SMILES string of the molecule is [SnH][S][Sn][CH2]c1ccccc1. The molecule has 0 bridgehead atoms. The topological polar surface area (TPSA) is 0 Å². The summed E-state index contributed by atoms with van der Waals surface area (Å²) in [4.78, 5) is 0. The zero-order valence-corrected chi connectivity index (χ0v) is 12.5. The molecule has 0 fully saturated rings. The molecule has 0 aliphatic rings. The summed E-state index contributed by atoms with van der Waals surface area (Å²) in [5, 5.41) is 0. The molecule has 0 unspecified atom stereocenters. The molecule has 1 aromatic carbocycles. The molecule has 10 heavy (non-hydrogen) atoms. The van der Waals surface area contributed by atoms with Crippen LogP contribution in [0.25, 0.3) is 0 Å². The van der Waals surface area contributed by atoms with E-state index in [4.69, 9.17) is 0 Å². The van der Waals surface area contributed by atoms with E-state index in [0.717, 1.165) is 0 Å². The molecule has 0 nitrogen and oxygen atoms in total. The average Bonchev–Trinajstić information content (AvgIpc) is 2.03. The zero-order chi connectivity index (χ0) is 7.23. The molecule has 0 aliphatic carbocycles. The molecule has 50 valence electrons. The van der Waals surface area contributed by atoms with Gasteiger partial charge in [0.25, 0.3) is 0 Å². The third-order valence-electron chi connectivity index (χ3n) is 1.20. The maximum atomic E-state index is 2.23. The predicted molar refractivity (Wildman–Crippen MR) is 50.6 cm³/mol. The van der Waals surface area contributed by atoms with E-state index in [9.17, 15) is 0 Å². The van der Waals surface area contributed by atoms with Crippen LogP contribution in [-0.4, -0.2) is 40.9 Å². The molecule has 0 atom stereocenters. The second-order valence-corrected chi connectivity index (χ2v) is 21.5. The van der Waals surface area contributed by atoms with E-state index in [0.29, 0.717) is 0 Å². The van der Waals surface area contributed by atoms with Gasteiger partial charge in [0.1, 0.15) is 0 Å². The van der Waals surface area contributed by atoms with Crippen molar-refractivity contribution in [3.8, 4) is 0 Å². The van der Waals surface area contributed by atoms with Crippen LogP contribution in [0.3, 0.4) is 0 Å². The first-order chi connectivity index (χ1) is 4.93. The number of hydrogen-bond donors (Lipinski definition) is 0. The van der Waals surface area contributed by atoms with Gasteiger partial charge in [0.15, 0.2) is 0 Å². The molecule has 3 heteroatoms. The third-order valence-corrected chi connectivity index (χ3v) is 14.9. The maximum absolute atomic E-state index is 2.23. The first kappa shape index (κ1) is 9.26. The van der Waals surface area contributed by atoms with Gasteiger partial charge in [-0.2, -0.15) is 0 Å². The molecular formula is C7H8SSn2. The molecule has 4 radical (unpaired) electrons. The summed E-state index contributed by atoms with van der Waals surface area (Å²) in [5.74, 6) is 0. The minimum atomic E-state index is -0.0454. The summed E-state index contributed by atoms with van der Waals surface area (Å²) in [7, 11) is 0. The van der Waals surface area contributed by atoms with Gasteiger partial charge in [-0.1, -0.05) is 0 Å². The second-order valence-electron chi connectivity index (χ2n) is 1.92. The molecule has 0 aliphatic heterocycles. The molecular weight excluding hydrogens is 354 g/mol. The Morgan fingerprint density at radius 2 is 2.00 bits per heavy atom. The van der Waals surface area contributed by atoms with Crippen molar-refractivity contribution in [2.75, 3.05) is 0 Å². The van der Waals surface area contributed by atoms with Gasteiger partial charge >= 0.3 is 87.4 Å². The summed E-state index contributed by atoms with van der Waals surface area (Å²) in [6, 6.07) is 10.8. The van der Waals surface area contributed by atoms with Gasteiger partial charge in [0, 0.05) is 0 Å². The van der Waals surface area contributed by atoms with Crippen molar-refractivity contribution in [2.45, 2.75) is 4.44 Å². The quantitative estimate of drug-likeness (QED) is 0.733. The molecule has 1 rings (SSSR count). The monoisotopic (exact) mass is 364 g/mol. The van der Waals surface area contributed by atoms with Crippen LogP contribution >= 0.6 is 6.13 Å². The number of hydrogen-bond acceptors (Lipinski definition) is 1. The van der Waals surface area contributed by atoms with Crippen molar-refractivity contribution in [3.05, 3.63) is 35.9 Å². The van der Waals surface area contributed by atoms with E-state index in [1.165, 1.54) is 31.1 Å². The van der Waals surface area contributed by atoms with E-state index in [1.54, 1.807) is 0 Å². The van der Waals surface area contributed by atoms with Gasteiger partial charge in [-0.05, 0) is 0 Å². The summed E-state index contributed by atoms with van der Waals surface area (Å²) in [5.41, 5.74) is 1.54. The number of benzene rings is 1. The molecule has 0 spiro atoms. The Hall–Kier alpha value is 1.17. The van der Waals surface area contributed by atoms with Crippen molar-refractivity contribution >= 4 is 47.0 Å². The summed E-state index contributed by atoms with van der Waals surface area (Å²) < 4.78 is 1.40. The van der Waals surface area contributed by atoms with Crippen molar-refractivity contribution in [1.29, 1.82) is 0 Å². The van der Waals surface area contributed by atoms with Crippen LogP contribution in [0.15, 0.2) is 30.3 Å². The average molecular weight is 362 g/mol. The third kappa shape index (κ3) is 3.53. The minimum absolute atomic E-state index is 0.0454. The normalized spacial score (nSPS) is 9.70. The van der Waals surface area contributed by atoms with Crippen LogP contribution in [0, 0.1) is 0 Å². The van der Waals surface area contributed by atoms with Crippen LogP contribution in [0.1, 0.15) is 5.56 Å². The van der Waals surface area contributed by atoms with Crippen LogP contribution in [0.5, 0.6) is 0 Å². The van der Waals surface area contributed by atoms with Crippen LogP contribution in [0.4, 0.5) is 0 Å². The molecule has 1 aromatic rings. The molecule has 0 heterocycles. The Bertz CT molecular complexity index is 176. The molecule has 0 aromatic heterocycles. The molecule has 0 N–H and O–H groups in total. The van der Waals surface area contributed by atoms with E-state index in [1.807, 2.05) is 0 Å². The van der Waals surface area contributed by atoms with Crippen LogP contribution in [-0.2, 0) is 4.44 Å². The van der Waals surface area contributed by atoms with Gasteiger partial charge in [-0.3, -0.25) is 0 Å². The van der Waals surface area contributed by atoms with E-state index < -0.39 is 0 Å². The van der Waals surface area contributed by atoms with Crippen molar-refractivity contribution in [2.24, 2.45) is 0 Å². The number of rotatable bonds is 3. The van der Waals surface area contributed by atoms with E-state index in [-0.39, 0.29) is 19.8 Å². The van der Waals surface area contributed by atoms with Crippen LogP contribution in [0.2, 0.25) is 0 Å². The summed E-state index contributed by atoms with van der Waals surface area (Å²) in [6.07, 6.45) is 2.20. The van der Waals surface area contributed by atoms with E-state index >= 15 is 0 Å². The van der Waals surface area contributed by atoms with Crippen molar-refractivity contribution in [1.82, 2.24) is 0 Å². The van der Waals surface area contributed by atoms with Crippen molar-refractivity contribution < 1.29 is 0 Å². The van der Waals surface area contributed by atoms with Crippen LogP contribution < -0.4 is 0 Å². The Morgan fingerprint density at radius 1 is 1.30 bits per heavy atom. The Morgan fingerprint density at radius 3 is 2.60 bits per heavy atom.